The number of carbonyl (C=O) groups excluding carboxylic acids is 3. The molecular formula is C23H23N5O3S. The molecule has 8 nitrogen and oxygen atoms in total. The Balaban J connectivity index is 1.44. The fourth-order valence-electron chi connectivity index (χ4n) is 3.57. The minimum absolute atomic E-state index is 0.0129. The molecule has 164 valence electrons. The van der Waals surface area contributed by atoms with Gasteiger partial charge in [0.25, 0.3) is 5.91 Å². The third-order valence-electron chi connectivity index (χ3n) is 5.55. The molecule has 1 atom stereocenters. The maximum absolute atomic E-state index is 12.9. The van der Waals surface area contributed by atoms with Crippen LogP contribution in [0.5, 0.6) is 0 Å². The van der Waals surface area contributed by atoms with Crippen LogP contribution in [0.1, 0.15) is 23.6 Å². The number of imidazole rings is 1. The number of aryl methyl sites for hydroxylation is 1. The zero-order valence-electron chi connectivity index (χ0n) is 18.0. The van der Waals surface area contributed by atoms with Gasteiger partial charge in [-0.15, -0.1) is 0 Å². The van der Waals surface area contributed by atoms with Crippen molar-refractivity contribution in [1.29, 1.82) is 0 Å². The Labute approximate surface area is 190 Å². The number of thioether (sulfide) groups is 1. The van der Waals surface area contributed by atoms with E-state index in [-0.39, 0.29) is 5.75 Å². The first-order chi connectivity index (χ1) is 15.3. The SMILES string of the molecule is Cc1cccc(-n2ccnc2SCC(=O)NN2C(=O)NC(C)(c3ccccc3)C2=O)c1C. The van der Waals surface area contributed by atoms with Gasteiger partial charge in [0.2, 0.25) is 5.91 Å². The summed E-state index contributed by atoms with van der Waals surface area (Å²) >= 11 is 1.22. The van der Waals surface area contributed by atoms with Crippen molar-refractivity contribution >= 4 is 29.6 Å². The van der Waals surface area contributed by atoms with Crippen LogP contribution in [0.2, 0.25) is 0 Å². The highest BCUT2D eigenvalue weighted by Gasteiger charge is 2.49. The number of rotatable bonds is 6. The van der Waals surface area contributed by atoms with Crippen molar-refractivity contribution in [3.63, 3.8) is 0 Å². The van der Waals surface area contributed by atoms with Crippen LogP contribution in [0.15, 0.2) is 66.1 Å². The van der Waals surface area contributed by atoms with Crippen molar-refractivity contribution < 1.29 is 14.4 Å². The van der Waals surface area contributed by atoms with Crippen LogP contribution in [0.4, 0.5) is 4.79 Å². The molecule has 2 heterocycles. The maximum atomic E-state index is 12.9. The Bertz CT molecular complexity index is 1190. The summed E-state index contributed by atoms with van der Waals surface area (Å²) < 4.78 is 1.92. The van der Waals surface area contributed by atoms with Gasteiger partial charge in [-0.05, 0) is 43.5 Å². The van der Waals surface area contributed by atoms with E-state index in [9.17, 15) is 14.4 Å². The third kappa shape index (κ3) is 3.87. The van der Waals surface area contributed by atoms with Gasteiger partial charge in [0.1, 0.15) is 5.54 Å². The average Bonchev–Trinajstić information content (AvgIpc) is 3.33. The second-order valence-electron chi connectivity index (χ2n) is 7.68. The molecule has 2 aromatic carbocycles. The number of benzene rings is 2. The topological polar surface area (TPSA) is 96.3 Å². The molecule has 0 spiro atoms. The summed E-state index contributed by atoms with van der Waals surface area (Å²) in [6.45, 7) is 5.69. The highest BCUT2D eigenvalue weighted by molar-refractivity contribution is 7.99. The molecule has 0 aliphatic carbocycles. The first kappa shape index (κ1) is 21.6. The number of imide groups is 1. The molecule has 2 N–H and O–H groups in total. The average molecular weight is 450 g/mol. The zero-order chi connectivity index (χ0) is 22.9. The molecule has 9 heteroatoms. The number of urea groups is 1. The van der Waals surface area contributed by atoms with Gasteiger partial charge in [0.05, 0.1) is 11.4 Å². The van der Waals surface area contributed by atoms with Gasteiger partial charge in [-0.2, -0.15) is 5.01 Å². The summed E-state index contributed by atoms with van der Waals surface area (Å²) in [5.41, 5.74) is 5.08. The van der Waals surface area contributed by atoms with Crippen molar-refractivity contribution in [2.75, 3.05) is 5.75 Å². The summed E-state index contributed by atoms with van der Waals surface area (Å²) in [7, 11) is 0. The van der Waals surface area contributed by atoms with Gasteiger partial charge in [-0.3, -0.25) is 19.6 Å². The van der Waals surface area contributed by atoms with E-state index in [4.69, 9.17) is 0 Å². The standard InChI is InChI=1S/C23H23N5O3S/c1-15-8-7-11-18(16(15)2)27-13-12-24-22(27)32-14-19(29)26-28-20(30)23(3,25-21(28)31)17-9-5-4-6-10-17/h4-13H,14H2,1-3H3,(H,25,31)(H,26,29). The van der Waals surface area contributed by atoms with E-state index in [1.807, 2.05) is 48.9 Å². The van der Waals surface area contributed by atoms with E-state index in [2.05, 4.69) is 15.7 Å². The molecule has 1 aliphatic rings. The van der Waals surface area contributed by atoms with Crippen LogP contribution in [-0.2, 0) is 15.1 Å². The number of carbonyl (C=O) groups is 3. The predicted octanol–water partition coefficient (Wildman–Crippen LogP) is 3.08. The number of hydrazine groups is 1. The minimum atomic E-state index is -1.24. The van der Waals surface area contributed by atoms with Gasteiger partial charge >= 0.3 is 6.03 Å². The van der Waals surface area contributed by atoms with Gasteiger partial charge in [0.15, 0.2) is 5.16 Å². The van der Waals surface area contributed by atoms with E-state index < -0.39 is 23.4 Å². The molecule has 32 heavy (non-hydrogen) atoms. The Hall–Kier alpha value is -3.59. The van der Waals surface area contributed by atoms with E-state index >= 15 is 0 Å². The highest BCUT2D eigenvalue weighted by Crippen LogP contribution is 2.28. The molecule has 1 aliphatic heterocycles. The molecule has 0 bridgehead atoms. The van der Waals surface area contributed by atoms with Crippen molar-refractivity contribution in [3.05, 3.63) is 77.6 Å². The lowest BCUT2D eigenvalue weighted by Crippen LogP contribution is -2.48. The molecule has 1 aromatic heterocycles. The van der Waals surface area contributed by atoms with Crippen molar-refractivity contribution in [1.82, 2.24) is 25.3 Å². The number of hydrogen-bond donors (Lipinski definition) is 2. The molecule has 1 saturated heterocycles. The number of hydrogen-bond acceptors (Lipinski definition) is 5. The monoisotopic (exact) mass is 449 g/mol. The van der Waals surface area contributed by atoms with Crippen LogP contribution < -0.4 is 10.7 Å². The van der Waals surface area contributed by atoms with Crippen molar-refractivity contribution in [3.8, 4) is 5.69 Å². The van der Waals surface area contributed by atoms with Crippen LogP contribution in [0, 0.1) is 13.8 Å². The molecule has 4 rings (SSSR count). The molecule has 3 aromatic rings. The van der Waals surface area contributed by atoms with E-state index in [0.717, 1.165) is 21.8 Å². The van der Waals surface area contributed by atoms with Crippen molar-refractivity contribution in [2.45, 2.75) is 31.5 Å². The minimum Gasteiger partial charge on any atom is -0.318 e. The fourth-order valence-corrected chi connectivity index (χ4v) is 4.33. The molecular weight excluding hydrogens is 426 g/mol. The lowest BCUT2D eigenvalue weighted by atomic mass is 9.92. The van der Waals surface area contributed by atoms with Gasteiger partial charge in [0, 0.05) is 12.4 Å². The van der Waals surface area contributed by atoms with Crippen LogP contribution in [-0.4, -0.2) is 38.2 Å². The Kier molecular flexibility index (Phi) is 5.75. The summed E-state index contributed by atoms with van der Waals surface area (Å²) in [5, 5.41) is 4.05. The van der Waals surface area contributed by atoms with Gasteiger partial charge < -0.3 is 5.32 Å². The Morgan fingerprint density at radius 3 is 2.62 bits per heavy atom. The largest absolute Gasteiger partial charge is 0.344 e. The fraction of sp³-hybridized carbons (Fsp3) is 0.217. The maximum Gasteiger partial charge on any atom is 0.344 e. The predicted molar refractivity (Wildman–Crippen MR) is 121 cm³/mol. The summed E-state index contributed by atoms with van der Waals surface area (Å²) in [6.07, 6.45) is 3.51. The van der Waals surface area contributed by atoms with Gasteiger partial charge in [-0.1, -0.05) is 54.2 Å². The third-order valence-corrected chi connectivity index (χ3v) is 6.52. The number of nitrogens with one attached hydrogen (secondary N) is 2. The second-order valence-corrected chi connectivity index (χ2v) is 8.63. The summed E-state index contributed by atoms with van der Waals surface area (Å²) in [4.78, 5) is 42.2. The van der Waals surface area contributed by atoms with E-state index in [0.29, 0.717) is 10.7 Å². The first-order valence-corrected chi connectivity index (χ1v) is 11.0. The number of aromatic nitrogens is 2. The lowest BCUT2D eigenvalue weighted by molar-refractivity contribution is -0.138. The molecule has 0 saturated carbocycles. The Morgan fingerprint density at radius 1 is 1.12 bits per heavy atom. The normalized spacial score (nSPS) is 18.0. The van der Waals surface area contributed by atoms with Crippen LogP contribution >= 0.6 is 11.8 Å². The molecule has 1 unspecified atom stereocenters. The summed E-state index contributed by atoms with van der Waals surface area (Å²) in [5.74, 6) is -1.03. The lowest BCUT2D eigenvalue weighted by Gasteiger charge is -2.22. The second kappa shape index (κ2) is 8.51. The zero-order valence-corrected chi connectivity index (χ0v) is 18.8. The first-order valence-electron chi connectivity index (χ1n) is 10.1. The molecule has 0 radical (unpaired) electrons. The Morgan fingerprint density at radius 2 is 1.88 bits per heavy atom. The molecule has 1 fully saturated rings. The highest BCUT2D eigenvalue weighted by atomic mass is 32.2. The smallest absolute Gasteiger partial charge is 0.318 e. The van der Waals surface area contributed by atoms with E-state index in [1.165, 1.54) is 11.8 Å². The summed E-state index contributed by atoms with van der Waals surface area (Å²) in [6, 6.07) is 14.2. The molecule has 4 amide bonds. The number of amides is 4. The van der Waals surface area contributed by atoms with E-state index in [1.54, 1.807) is 37.4 Å². The van der Waals surface area contributed by atoms with Crippen molar-refractivity contribution in [2.24, 2.45) is 0 Å². The van der Waals surface area contributed by atoms with Crippen LogP contribution in [0.25, 0.3) is 5.69 Å². The van der Waals surface area contributed by atoms with Crippen LogP contribution in [0.3, 0.4) is 0 Å². The quantitative estimate of drug-likeness (QED) is 0.445. The number of nitrogens with zero attached hydrogens (tertiary/aromatic N) is 3. The van der Waals surface area contributed by atoms with Gasteiger partial charge in [-0.25, -0.2) is 9.78 Å².